The molecule has 0 aromatic rings. The number of carbonyl (C=O) groups is 2. The molecular formula is C32H50N2O3. The molecule has 206 valence electrons. The van der Waals surface area contributed by atoms with Crippen molar-refractivity contribution in [2.45, 2.75) is 104 Å². The number of aliphatic hydroxyl groups is 1. The number of nitrogens with zero attached hydrogens (tertiary/aromatic N) is 2. The van der Waals surface area contributed by atoms with Crippen LogP contribution in [-0.4, -0.2) is 59.0 Å². The van der Waals surface area contributed by atoms with Crippen molar-refractivity contribution >= 4 is 11.8 Å². The van der Waals surface area contributed by atoms with Crippen molar-refractivity contribution in [2.75, 3.05) is 26.2 Å². The Morgan fingerprint density at radius 1 is 0.973 bits per heavy atom. The van der Waals surface area contributed by atoms with Gasteiger partial charge in [-0.05, 0) is 111 Å². The Morgan fingerprint density at radius 2 is 1.70 bits per heavy atom. The van der Waals surface area contributed by atoms with Gasteiger partial charge in [0.05, 0.1) is 6.10 Å². The molecule has 1 saturated heterocycles. The average molecular weight is 511 g/mol. The third kappa shape index (κ3) is 4.49. The van der Waals surface area contributed by atoms with Gasteiger partial charge in [-0.3, -0.25) is 9.59 Å². The van der Waals surface area contributed by atoms with Crippen LogP contribution in [0.1, 0.15) is 97.8 Å². The van der Waals surface area contributed by atoms with Crippen molar-refractivity contribution < 1.29 is 14.7 Å². The molecule has 5 fully saturated rings. The van der Waals surface area contributed by atoms with Crippen LogP contribution in [0.25, 0.3) is 0 Å². The summed E-state index contributed by atoms with van der Waals surface area (Å²) in [7, 11) is 0. The third-order valence-electron chi connectivity index (χ3n) is 12.5. The quantitative estimate of drug-likeness (QED) is 0.502. The molecule has 5 nitrogen and oxygen atoms in total. The van der Waals surface area contributed by atoms with Crippen LogP contribution in [0.5, 0.6) is 0 Å². The van der Waals surface area contributed by atoms with Gasteiger partial charge in [-0.15, -0.1) is 0 Å². The van der Waals surface area contributed by atoms with Crippen LogP contribution in [-0.2, 0) is 9.59 Å². The van der Waals surface area contributed by atoms with E-state index in [9.17, 15) is 14.7 Å². The fourth-order valence-corrected chi connectivity index (χ4v) is 10.1. The Bertz CT molecular complexity index is 934. The first-order chi connectivity index (χ1) is 17.7. The zero-order valence-electron chi connectivity index (χ0n) is 23.6. The van der Waals surface area contributed by atoms with E-state index in [0.29, 0.717) is 48.1 Å². The molecule has 0 aromatic heterocycles. The second-order valence-corrected chi connectivity index (χ2v) is 14.4. The van der Waals surface area contributed by atoms with Crippen molar-refractivity contribution in [2.24, 2.45) is 46.3 Å². The fourth-order valence-electron chi connectivity index (χ4n) is 10.1. The molecule has 0 bridgehead atoms. The smallest absolute Gasteiger partial charge is 0.225 e. The molecule has 4 saturated carbocycles. The van der Waals surface area contributed by atoms with Crippen molar-refractivity contribution in [3.8, 4) is 0 Å². The maximum atomic E-state index is 13.1. The minimum atomic E-state index is -0.127. The van der Waals surface area contributed by atoms with E-state index in [4.69, 9.17) is 0 Å². The molecule has 5 aliphatic carbocycles. The highest BCUT2D eigenvalue weighted by molar-refractivity contribution is 5.81. The van der Waals surface area contributed by atoms with E-state index in [2.05, 4.69) is 26.8 Å². The number of allylic oxidation sites excluding steroid dienone is 1. The first kappa shape index (κ1) is 25.9. The Hall–Kier alpha value is -1.36. The Kier molecular flexibility index (Phi) is 6.77. The van der Waals surface area contributed by atoms with Gasteiger partial charge in [-0.25, -0.2) is 0 Å². The van der Waals surface area contributed by atoms with E-state index in [1.54, 1.807) is 5.57 Å². The molecule has 6 rings (SSSR count). The first-order valence-corrected chi connectivity index (χ1v) is 15.6. The minimum Gasteiger partial charge on any atom is -0.393 e. The highest BCUT2D eigenvalue weighted by Crippen LogP contribution is 2.67. The van der Waals surface area contributed by atoms with E-state index in [1.807, 2.05) is 9.80 Å². The Morgan fingerprint density at radius 3 is 2.43 bits per heavy atom. The van der Waals surface area contributed by atoms with Crippen LogP contribution in [0, 0.1) is 46.3 Å². The van der Waals surface area contributed by atoms with Gasteiger partial charge in [-0.1, -0.05) is 32.4 Å². The minimum absolute atomic E-state index is 0.127. The predicted molar refractivity (Wildman–Crippen MR) is 145 cm³/mol. The maximum absolute atomic E-state index is 13.1. The fraction of sp³-hybridized carbons (Fsp3) is 0.875. The summed E-state index contributed by atoms with van der Waals surface area (Å²) in [6, 6.07) is 0. The maximum Gasteiger partial charge on any atom is 0.225 e. The zero-order valence-corrected chi connectivity index (χ0v) is 23.6. The molecule has 1 heterocycles. The molecule has 1 aliphatic heterocycles. The zero-order chi connectivity index (χ0) is 25.9. The van der Waals surface area contributed by atoms with Crippen LogP contribution in [0.4, 0.5) is 0 Å². The predicted octanol–water partition coefficient (Wildman–Crippen LogP) is 5.42. The number of piperazine rings is 1. The van der Waals surface area contributed by atoms with Crippen LogP contribution < -0.4 is 0 Å². The summed E-state index contributed by atoms with van der Waals surface area (Å²) >= 11 is 0. The van der Waals surface area contributed by atoms with E-state index in [-0.39, 0.29) is 12.0 Å². The summed E-state index contributed by atoms with van der Waals surface area (Å²) < 4.78 is 0. The molecule has 0 spiro atoms. The van der Waals surface area contributed by atoms with Gasteiger partial charge in [0.2, 0.25) is 11.8 Å². The molecule has 1 unspecified atom stereocenters. The lowest BCUT2D eigenvalue weighted by Crippen LogP contribution is -2.51. The van der Waals surface area contributed by atoms with Gasteiger partial charge >= 0.3 is 0 Å². The summed E-state index contributed by atoms with van der Waals surface area (Å²) in [5.41, 5.74) is 2.29. The summed E-state index contributed by atoms with van der Waals surface area (Å²) in [5, 5.41) is 10.3. The van der Waals surface area contributed by atoms with E-state index in [1.165, 1.54) is 32.1 Å². The summed E-state index contributed by atoms with van der Waals surface area (Å²) in [6.07, 6.45) is 15.8. The van der Waals surface area contributed by atoms with E-state index in [0.717, 1.165) is 75.3 Å². The number of amides is 2. The Balaban J connectivity index is 1.04. The number of aliphatic hydroxyl groups excluding tert-OH is 1. The van der Waals surface area contributed by atoms with Crippen molar-refractivity contribution in [1.82, 2.24) is 9.80 Å². The molecule has 1 N–H and O–H groups in total. The van der Waals surface area contributed by atoms with E-state index >= 15 is 0 Å². The Labute approximate surface area is 224 Å². The molecule has 2 amide bonds. The highest BCUT2D eigenvalue weighted by atomic mass is 16.3. The van der Waals surface area contributed by atoms with Gasteiger partial charge in [-0.2, -0.15) is 0 Å². The normalized spacial score (nSPS) is 42.4. The van der Waals surface area contributed by atoms with Crippen LogP contribution >= 0.6 is 0 Å². The lowest BCUT2D eigenvalue weighted by molar-refractivity contribution is -0.140. The number of hydrogen-bond acceptors (Lipinski definition) is 3. The van der Waals surface area contributed by atoms with Gasteiger partial charge in [0.1, 0.15) is 0 Å². The molecule has 0 aromatic carbocycles. The van der Waals surface area contributed by atoms with Crippen molar-refractivity contribution in [1.29, 1.82) is 0 Å². The SMILES string of the molecule is CC(CCC(=O)N1CCN(C(=O)C2CC2)CC1)[C@H]1CC[C@H]2[C@@H]3CC=C4C[C@@H](O)CC[C@]4(C)[C@H]3CC[C@]12C. The molecule has 6 aliphatic rings. The number of rotatable bonds is 5. The second kappa shape index (κ2) is 9.68. The van der Waals surface area contributed by atoms with Crippen LogP contribution in [0.15, 0.2) is 11.6 Å². The largest absolute Gasteiger partial charge is 0.393 e. The highest BCUT2D eigenvalue weighted by Gasteiger charge is 2.59. The summed E-state index contributed by atoms with van der Waals surface area (Å²) in [5.74, 6) is 4.61. The third-order valence-corrected chi connectivity index (χ3v) is 12.5. The standard InChI is InChI=1S/C32H50N2O3/c1-21(4-11-29(36)33-16-18-34(19-17-33)30(37)22-5-6-22)26-9-10-27-25-8-7-23-20-24(35)12-14-31(23,2)28(25)13-15-32(26,27)3/h7,21-22,24-28,35H,4-6,8-20H2,1-3H3/t21?,24-,25-,26+,27-,28-,31-,32+/m0/s1. The topological polar surface area (TPSA) is 60.9 Å². The number of carbonyl (C=O) groups excluding carboxylic acids is 2. The lowest BCUT2D eigenvalue weighted by Gasteiger charge is -2.58. The van der Waals surface area contributed by atoms with Crippen molar-refractivity contribution in [3.05, 3.63) is 11.6 Å². The van der Waals surface area contributed by atoms with Gasteiger partial charge in [0, 0.05) is 38.5 Å². The molecular weight excluding hydrogens is 460 g/mol. The van der Waals surface area contributed by atoms with E-state index < -0.39 is 0 Å². The number of hydrogen-bond donors (Lipinski definition) is 1. The van der Waals surface area contributed by atoms with Crippen LogP contribution in [0.3, 0.4) is 0 Å². The summed E-state index contributed by atoms with van der Waals surface area (Å²) in [6.45, 7) is 10.4. The lowest BCUT2D eigenvalue weighted by atomic mass is 9.47. The van der Waals surface area contributed by atoms with Gasteiger partial charge < -0.3 is 14.9 Å². The van der Waals surface area contributed by atoms with Gasteiger partial charge in [0.25, 0.3) is 0 Å². The molecule has 37 heavy (non-hydrogen) atoms. The molecule has 5 heteroatoms. The van der Waals surface area contributed by atoms with Crippen LogP contribution in [0.2, 0.25) is 0 Å². The monoisotopic (exact) mass is 510 g/mol. The van der Waals surface area contributed by atoms with Crippen molar-refractivity contribution in [3.63, 3.8) is 0 Å². The molecule has 8 atom stereocenters. The second-order valence-electron chi connectivity index (χ2n) is 14.4. The average Bonchev–Trinajstić information content (AvgIpc) is 3.68. The summed E-state index contributed by atoms with van der Waals surface area (Å²) in [4.78, 5) is 29.4. The first-order valence-electron chi connectivity index (χ1n) is 15.6. The van der Waals surface area contributed by atoms with Gasteiger partial charge in [0.15, 0.2) is 0 Å². The molecule has 0 radical (unpaired) electrons. The number of fused-ring (bicyclic) bond motifs is 5.